The molecular formula is C30H36N4O3. The number of nitrogens with zero attached hydrogens (tertiary/aromatic N) is 4. The Labute approximate surface area is 219 Å². The van der Waals surface area contributed by atoms with Crippen LogP contribution < -0.4 is 4.74 Å². The lowest BCUT2D eigenvalue weighted by Crippen LogP contribution is -2.47. The molecule has 7 nitrogen and oxygen atoms in total. The van der Waals surface area contributed by atoms with E-state index in [0.29, 0.717) is 26.2 Å². The molecule has 0 aliphatic carbocycles. The van der Waals surface area contributed by atoms with Crippen molar-refractivity contribution in [3.63, 3.8) is 0 Å². The monoisotopic (exact) mass is 500 g/mol. The van der Waals surface area contributed by atoms with Crippen molar-refractivity contribution in [2.45, 2.75) is 19.5 Å². The van der Waals surface area contributed by atoms with E-state index in [2.05, 4.69) is 52.2 Å². The normalized spacial score (nSPS) is 17.9. The fraction of sp³-hybridized carbons (Fsp3) is 0.400. The van der Waals surface area contributed by atoms with Gasteiger partial charge in [-0.25, -0.2) is 0 Å². The number of ether oxygens (including phenoxy) is 2. The minimum Gasteiger partial charge on any atom is -0.491 e. The fourth-order valence-corrected chi connectivity index (χ4v) is 4.94. The van der Waals surface area contributed by atoms with E-state index in [9.17, 15) is 4.79 Å². The molecule has 1 amide bonds. The molecule has 1 fully saturated rings. The van der Waals surface area contributed by atoms with Gasteiger partial charge < -0.3 is 19.3 Å². The number of aromatic nitrogens is 1. The van der Waals surface area contributed by atoms with Gasteiger partial charge in [-0.05, 0) is 54.1 Å². The van der Waals surface area contributed by atoms with Crippen LogP contribution in [0.2, 0.25) is 0 Å². The minimum absolute atomic E-state index is 0.0950. The SMILES string of the molecule is CN1CCN(C(=O)c2ccc3c(c2)Cc2cccc(c2)CN(Cc2ccccn2)CCOCCO3)CC1. The van der Waals surface area contributed by atoms with Gasteiger partial charge in [0.2, 0.25) is 0 Å². The summed E-state index contributed by atoms with van der Waals surface area (Å²) in [4.78, 5) is 24.3. The largest absolute Gasteiger partial charge is 0.491 e. The van der Waals surface area contributed by atoms with Gasteiger partial charge in [0.15, 0.2) is 0 Å². The maximum atomic E-state index is 13.3. The molecule has 1 saturated heterocycles. The summed E-state index contributed by atoms with van der Waals surface area (Å²) in [6, 6.07) is 20.6. The Kier molecular flexibility index (Phi) is 8.46. The van der Waals surface area contributed by atoms with Crippen LogP contribution in [0.25, 0.3) is 0 Å². The number of pyridine rings is 1. The second-order valence-electron chi connectivity index (χ2n) is 9.91. The van der Waals surface area contributed by atoms with Crippen molar-refractivity contribution in [3.8, 4) is 5.75 Å². The molecule has 2 aliphatic rings. The van der Waals surface area contributed by atoms with Crippen molar-refractivity contribution < 1.29 is 14.3 Å². The van der Waals surface area contributed by atoms with E-state index in [1.165, 1.54) is 11.1 Å². The third kappa shape index (κ3) is 6.95. The molecular weight excluding hydrogens is 464 g/mol. The highest BCUT2D eigenvalue weighted by molar-refractivity contribution is 5.94. The smallest absolute Gasteiger partial charge is 0.253 e. The molecule has 0 N–H and O–H groups in total. The molecule has 5 rings (SSSR count). The predicted molar refractivity (Wildman–Crippen MR) is 144 cm³/mol. The van der Waals surface area contributed by atoms with Crippen LogP contribution in [0.4, 0.5) is 0 Å². The van der Waals surface area contributed by atoms with E-state index in [1.807, 2.05) is 41.4 Å². The summed E-state index contributed by atoms with van der Waals surface area (Å²) >= 11 is 0. The first-order chi connectivity index (χ1) is 18.1. The number of rotatable bonds is 3. The molecule has 194 valence electrons. The molecule has 2 aromatic carbocycles. The molecule has 7 heteroatoms. The Bertz CT molecular complexity index is 1180. The highest BCUT2D eigenvalue weighted by Crippen LogP contribution is 2.25. The van der Waals surface area contributed by atoms with E-state index in [0.717, 1.165) is 68.4 Å². The average molecular weight is 501 g/mol. The Morgan fingerprint density at radius 3 is 2.59 bits per heavy atom. The predicted octanol–water partition coefficient (Wildman–Crippen LogP) is 3.47. The summed E-state index contributed by atoms with van der Waals surface area (Å²) in [7, 11) is 2.10. The number of carbonyl (C=O) groups excluding carboxylic acids is 1. The lowest BCUT2D eigenvalue weighted by Gasteiger charge is -2.32. The zero-order chi connectivity index (χ0) is 25.5. The van der Waals surface area contributed by atoms with Crippen LogP contribution in [-0.2, 0) is 24.2 Å². The Balaban J connectivity index is 1.37. The van der Waals surface area contributed by atoms with Crippen molar-refractivity contribution in [1.29, 1.82) is 0 Å². The zero-order valence-electron chi connectivity index (χ0n) is 21.6. The Morgan fingerprint density at radius 1 is 0.892 bits per heavy atom. The van der Waals surface area contributed by atoms with Crippen LogP contribution in [-0.4, -0.2) is 85.2 Å². The molecule has 2 bridgehead atoms. The van der Waals surface area contributed by atoms with Gasteiger partial charge in [-0.15, -0.1) is 0 Å². The van der Waals surface area contributed by atoms with Crippen molar-refractivity contribution in [1.82, 2.24) is 19.7 Å². The van der Waals surface area contributed by atoms with Gasteiger partial charge >= 0.3 is 0 Å². The first kappa shape index (κ1) is 25.4. The van der Waals surface area contributed by atoms with E-state index in [-0.39, 0.29) is 5.91 Å². The third-order valence-electron chi connectivity index (χ3n) is 7.04. The molecule has 1 aromatic heterocycles. The summed E-state index contributed by atoms with van der Waals surface area (Å²) in [5.41, 5.74) is 5.26. The third-order valence-corrected chi connectivity index (χ3v) is 7.04. The van der Waals surface area contributed by atoms with E-state index in [4.69, 9.17) is 9.47 Å². The molecule has 3 aromatic rings. The van der Waals surface area contributed by atoms with Crippen molar-refractivity contribution in [2.75, 3.05) is 59.6 Å². The van der Waals surface area contributed by atoms with Gasteiger partial charge in [0.1, 0.15) is 12.4 Å². The molecule has 0 atom stereocenters. The van der Waals surface area contributed by atoms with Gasteiger partial charge in [0.05, 0.1) is 18.9 Å². The number of carbonyl (C=O) groups is 1. The molecule has 3 heterocycles. The van der Waals surface area contributed by atoms with Crippen molar-refractivity contribution >= 4 is 5.91 Å². The lowest BCUT2D eigenvalue weighted by atomic mass is 9.99. The highest BCUT2D eigenvalue weighted by Gasteiger charge is 2.21. The van der Waals surface area contributed by atoms with Crippen LogP contribution in [0.1, 0.15) is 32.7 Å². The lowest BCUT2D eigenvalue weighted by molar-refractivity contribution is 0.0663. The van der Waals surface area contributed by atoms with Gasteiger partial charge in [-0.2, -0.15) is 0 Å². The second-order valence-corrected chi connectivity index (χ2v) is 9.91. The first-order valence-electron chi connectivity index (χ1n) is 13.2. The van der Waals surface area contributed by atoms with Gasteiger partial charge in [0.25, 0.3) is 5.91 Å². The van der Waals surface area contributed by atoms with Crippen molar-refractivity contribution in [2.24, 2.45) is 0 Å². The molecule has 0 radical (unpaired) electrons. The van der Waals surface area contributed by atoms with E-state index < -0.39 is 0 Å². The number of hydrogen-bond acceptors (Lipinski definition) is 6. The fourth-order valence-electron chi connectivity index (χ4n) is 4.94. The van der Waals surface area contributed by atoms with Crippen LogP contribution in [0, 0.1) is 0 Å². The quantitative estimate of drug-likeness (QED) is 0.549. The number of benzene rings is 2. The maximum Gasteiger partial charge on any atom is 0.253 e. The highest BCUT2D eigenvalue weighted by atomic mass is 16.5. The van der Waals surface area contributed by atoms with Crippen molar-refractivity contribution in [3.05, 3.63) is 94.8 Å². The topological polar surface area (TPSA) is 58.1 Å². The summed E-state index contributed by atoms with van der Waals surface area (Å²) in [5.74, 6) is 0.912. The van der Waals surface area contributed by atoms with Crippen LogP contribution in [0.3, 0.4) is 0 Å². The van der Waals surface area contributed by atoms with Crippen LogP contribution in [0.15, 0.2) is 66.9 Å². The molecule has 37 heavy (non-hydrogen) atoms. The summed E-state index contributed by atoms with van der Waals surface area (Å²) in [6.07, 6.45) is 2.54. The summed E-state index contributed by atoms with van der Waals surface area (Å²) in [6.45, 7) is 7.35. The zero-order valence-corrected chi connectivity index (χ0v) is 21.6. The molecule has 0 saturated carbocycles. The van der Waals surface area contributed by atoms with Crippen LogP contribution >= 0.6 is 0 Å². The second kappa shape index (κ2) is 12.3. The minimum atomic E-state index is 0.0950. The summed E-state index contributed by atoms with van der Waals surface area (Å²) < 4.78 is 12.1. The molecule has 2 aliphatic heterocycles. The molecule has 0 spiro atoms. The number of likely N-dealkylation sites (N-methyl/N-ethyl adjacent to an activating group) is 1. The van der Waals surface area contributed by atoms with E-state index >= 15 is 0 Å². The standard InChI is InChI=1S/C30H36N4O3/c1-32-11-13-34(14-12-32)30(35)26-8-9-29-27(21-26)20-24-5-4-6-25(19-24)22-33(15-16-36-17-18-37-29)23-28-7-2-3-10-31-28/h2-10,19,21H,11-18,20,22-23H2,1H3. The number of hydrogen-bond donors (Lipinski definition) is 0. The Morgan fingerprint density at radius 2 is 1.76 bits per heavy atom. The number of fused-ring (bicyclic) bond motifs is 3. The van der Waals surface area contributed by atoms with Gasteiger partial charge in [-0.3, -0.25) is 14.7 Å². The average Bonchev–Trinajstić information content (AvgIpc) is 2.91. The maximum absolute atomic E-state index is 13.3. The van der Waals surface area contributed by atoms with Gasteiger partial charge in [-0.1, -0.05) is 30.3 Å². The molecule has 0 unspecified atom stereocenters. The van der Waals surface area contributed by atoms with Crippen LogP contribution in [0.5, 0.6) is 5.75 Å². The van der Waals surface area contributed by atoms with Gasteiger partial charge in [0, 0.05) is 64.0 Å². The first-order valence-corrected chi connectivity index (χ1v) is 13.2. The van der Waals surface area contributed by atoms with E-state index in [1.54, 1.807) is 0 Å². The number of piperazine rings is 1. The summed E-state index contributed by atoms with van der Waals surface area (Å²) in [5, 5.41) is 0. The number of amides is 1. The Hall–Kier alpha value is -3.26.